The van der Waals surface area contributed by atoms with Crippen molar-refractivity contribution in [3.63, 3.8) is 0 Å². The molecule has 0 saturated heterocycles. The fourth-order valence-electron chi connectivity index (χ4n) is 1.54. The van der Waals surface area contributed by atoms with Crippen LogP contribution >= 0.6 is 19.4 Å². The molecule has 0 aromatic heterocycles. The third kappa shape index (κ3) is 14.4. The zero-order chi connectivity index (χ0) is 14.4. The maximum Gasteiger partial charge on any atom is 0.472 e. The van der Waals surface area contributed by atoms with Crippen molar-refractivity contribution in [3.8, 4) is 0 Å². The minimum absolute atomic E-state index is 0.0392. The van der Waals surface area contributed by atoms with Gasteiger partial charge in [-0.25, -0.2) is 4.57 Å². The Labute approximate surface area is 121 Å². The Bertz CT molecular complexity index is 271. The normalized spacial score (nSPS) is 14.9. The van der Waals surface area contributed by atoms with Gasteiger partial charge in [-0.2, -0.15) is 0 Å². The first kappa shape index (κ1) is 19.1. The maximum absolute atomic E-state index is 11.4. The fourth-order valence-corrected chi connectivity index (χ4v) is 2.38. The lowest BCUT2D eigenvalue weighted by atomic mass is 10.1. The Morgan fingerprint density at radius 3 is 2.32 bits per heavy atom. The Morgan fingerprint density at radius 1 is 1.05 bits per heavy atom. The van der Waals surface area contributed by atoms with Crippen LogP contribution in [0, 0.1) is 0 Å². The summed E-state index contributed by atoms with van der Waals surface area (Å²) in [6.07, 6.45) is 11.2. The topological polar surface area (TPSA) is 55.8 Å². The highest BCUT2D eigenvalue weighted by molar-refractivity contribution is 7.47. The molecule has 1 unspecified atom stereocenters. The van der Waals surface area contributed by atoms with Crippen LogP contribution in [0.4, 0.5) is 0 Å². The van der Waals surface area contributed by atoms with Gasteiger partial charge in [-0.3, -0.25) is 9.05 Å². The van der Waals surface area contributed by atoms with E-state index in [9.17, 15) is 9.46 Å². The smallest absolute Gasteiger partial charge is 0.302 e. The second-order valence-corrected chi connectivity index (χ2v) is 6.11. The van der Waals surface area contributed by atoms with Gasteiger partial charge in [-0.05, 0) is 6.42 Å². The summed E-state index contributed by atoms with van der Waals surface area (Å²) < 4.78 is 21.0. The third-order valence-electron chi connectivity index (χ3n) is 2.59. The molecule has 0 fully saturated rings. The molecule has 0 aliphatic heterocycles. The minimum Gasteiger partial charge on any atom is -0.302 e. The molecule has 4 nitrogen and oxygen atoms in total. The van der Waals surface area contributed by atoms with Gasteiger partial charge in [-0.15, -0.1) is 11.6 Å². The third-order valence-corrected chi connectivity index (χ3v) is 3.75. The number of rotatable bonds is 13. The van der Waals surface area contributed by atoms with E-state index in [2.05, 4.69) is 6.92 Å². The molecule has 6 heteroatoms. The van der Waals surface area contributed by atoms with E-state index >= 15 is 0 Å². The zero-order valence-electron chi connectivity index (χ0n) is 11.7. The van der Waals surface area contributed by atoms with Crippen molar-refractivity contribution >= 4 is 19.4 Å². The Kier molecular flexibility index (Phi) is 13.2. The number of allylic oxidation sites excluding steroid dienone is 1. The van der Waals surface area contributed by atoms with Crippen molar-refractivity contribution in [2.24, 2.45) is 0 Å². The highest BCUT2D eigenvalue weighted by atomic mass is 35.5. The number of hydrogen-bond donors (Lipinski definition) is 1. The van der Waals surface area contributed by atoms with Gasteiger partial charge in [-0.1, -0.05) is 57.6 Å². The number of hydrogen-bond acceptors (Lipinski definition) is 3. The highest BCUT2D eigenvalue weighted by Crippen LogP contribution is 2.43. The summed E-state index contributed by atoms with van der Waals surface area (Å²) in [5, 5.41) is 0. The first-order chi connectivity index (χ1) is 9.12. The van der Waals surface area contributed by atoms with Gasteiger partial charge in [0.15, 0.2) is 0 Å². The van der Waals surface area contributed by atoms with Gasteiger partial charge >= 0.3 is 7.82 Å². The van der Waals surface area contributed by atoms with E-state index in [1.807, 2.05) is 0 Å². The Hall–Kier alpha value is 0.140. The van der Waals surface area contributed by atoms with E-state index in [1.165, 1.54) is 25.7 Å². The number of alkyl halides is 1. The molecule has 0 aromatic rings. The Morgan fingerprint density at radius 2 is 1.68 bits per heavy atom. The van der Waals surface area contributed by atoms with Crippen LogP contribution in [0.25, 0.3) is 0 Å². The van der Waals surface area contributed by atoms with E-state index in [1.54, 1.807) is 12.2 Å². The lowest BCUT2D eigenvalue weighted by Gasteiger charge is -2.10. The summed E-state index contributed by atoms with van der Waals surface area (Å²) in [4.78, 5) is 9.33. The zero-order valence-corrected chi connectivity index (χ0v) is 13.4. The fraction of sp³-hybridized carbons (Fsp3) is 0.846. The van der Waals surface area contributed by atoms with Crippen LogP contribution in [0.2, 0.25) is 0 Å². The van der Waals surface area contributed by atoms with Crippen LogP contribution in [0.1, 0.15) is 51.9 Å². The summed E-state index contributed by atoms with van der Waals surface area (Å²) in [5.74, 6) is 0.359. The van der Waals surface area contributed by atoms with Gasteiger partial charge in [0, 0.05) is 5.88 Å². The first-order valence-corrected chi connectivity index (χ1v) is 8.98. The summed E-state index contributed by atoms with van der Waals surface area (Å²) in [7, 11) is -3.89. The molecule has 0 aliphatic rings. The number of halogens is 1. The van der Waals surface area contributed by atoms with E-state index in [0.29, 0.717) is 5.88 Å². The van der Waals surface area contributed by atoms with Crippen LogP contribution in [-0.2, 0) is 13.6 Å². The predicted molar refractivity (Wildman–Crippen MR) is 79.6 cm³/mol. The molecule has 0 heterocycles. The van der Waals surface area contributed by atoms with Gasteiger partial charge in [0.05, 0.1) is 13.2 Å². The van der Waals surface area contributed by atoms with Gasteiger partial charge in [0.2, 0.25) is 0 Å². The van der Waals surface area contributed by atoms with Crippen LogP contribution in [-0.4, -0.2) is 24.0 Å². The molecule has 0 aromatic carbocycles. The van der Waals surface area contributed by atoms with Crippen LogP contribution in [0.5, 0.6) is 0 Å². The monoisotopic (exact) mass is 312 g/mol. The summed E-state index contributed by atoms with van der Waals surface area (Å²) in [6.45, 7) is 2.49. The molecule has 0 rings (SSSR count). The van der Waals surface area contributed by atoms with E-state index in [-0.39, 0.29) is 13.2 Å². The quantitative estimate of drug-likeness (QED) is 0.232. The minimum atomic E-state index is -3.89. The lowest BCUT2D eigenvalue weighted by molar-refractivity contribution is 0.158. The molecule has 114 valence electrons. The van der Waals surface area contributed by atoms with Gasteiger partial charge in [0.25, 0.3) is 0 Å². The second-order valence-electron chi connectivity index (χ2n) is 4.34. The van der Waals surface area contributed by atoms with Crippen molar-refractivity contribution in [2.75, 3.05) is 19.1 Å². The van der Waals surface area contributed by atoms with E-state index < -0.39 is 7.82 Å². The highest BCUT2D eigenvalue weighted by Gasteiger charge is 2.19. The second kappa shape index (κ2) is 13.1. The predicted octanol–water partition coefficient (Wildman–Crippen LogP) is 4.67. The molecule has 0 radical (unpaired) electrons. The van der Waals surface area contributed by atoms with Crippen LogP contribution < -0.4 is 0 Å². The van der Waals surface area contributed by atoms with Gasteiger partial charge in [0.1, 0.15) is 0 Å². The van der Waals surface area contributed by atoms with Crippen molar-refractivity contribution < 1.29 is 18.5 Å². The SMILES string of the molecule is CCCCCCCCCOP(=O)(O)OC/C=C\CCl. The molecule has 0 amide bonds. The average molecular weight is 313 g/mol. The molecule has 0 saturated carbocycles. The molecule has 0 bridgehead atoms. The lowest BCUT2D eigenvalue weighted by Crippen LogP contribution is -1.97. The molecule has 0 aliphatic carbocycles. The van der Waals surface area contributed by atoms with Crippen LogP contribution in [0.15, 0.2) is 12.2 Å². The van der Waals surface area contributed by atoms with Crippen molar-refractivity contribution in [3.05, 3.63) is 12.2 Å². The molecule has 0 spiro atoms. The molecular weight excluding hydrogens is 287 g/mol. The summed E-state index contributed by atoms with van der Waals surface area (Å²) >= 11 is 5.41. The van der Waals surface area contributed by atoms with Crippen molar-refractivity contribution in [1.82, 2.24) is 0 Å². The van der Waals surface area contributed by atoms with Crippen molar-refractivity contribution in [2.45, 2.75) is 51.9 Å². The maximum atomic E-state index is 11.4. The number of unbranched alkanes of at least 4 members (excludes halogenated alkanes) is 6. The summed E-state index contributed by atoms with van der Waals surface area (Å²) in [6, 6.07) is 0. The molecule has 19 heavy (non-hydrogen) atoms. The van der Waals surface area contributed by atoms with Gasteiger partial charge < -0.3 is 4.89 Å². The molecular formula is C13H26ClO4P. The van der Waals surface area contributed by atoms with Crippen molar-refractivity contribution in [1.29, 1.82) is 0 Å². The van der Waals surface area contributed by atoms with E-state index in [0.717, 1.165) is 19.3 Å². The Balaban J connectivity index is 3.42. The number of phosphoric ester groups is 1. The molecule has 1 N–H and O–H groups in total. The van der Waals surface area contributed by atoms with Crippen LogP contribution in [0.3, 0.4) is 0 Å². The average Bonchev–Trinajstić information content (AvgIpc) is 2.38. The summed E-state index contributed by atoms with van der Waals surface area (Å²) in [5.41, 5.74) is 0. The largest absolute Gasteiger partial charge is 0.472 e. The number of phosphoric acid groups is 1. The standard InChI is InChI=1S/C13H26ClO4P/c1-2-3-4-5-6-7-9-12-17-19(15,16)18-13-10-8-11-14/h8,10H,2-7,9,11-13H2,1H3,(H,15,16)/b10-8-. The van der Waals surface area contributed by atoms with E-state index in [4.69, 9.17) is 20.6 Å². The first-order valence-electron chi connectivity index (χ1n) is 6.95. The molecule has 1 atom stereocenters.